The average molecular weight is 304 g/mol. The molecule has 2 aliphatic rings. The Morgan fingerprint density at radius 2 is 1.86 bits per heavy atom. The molecule has 1 heterocycles. The lowest BCUT2D eigenvalue weighted by Crippen LogP contribution is -2.23. The number of allylic oxidation sites excluding steroid dienone is 5. The van der Waals surface area contributed by atoms with Crippen LogP contribution < -0.4 is 0 Å². The number of hydrogen-bond acceptors (Lipinski definition) is 2. The van der Waals surface area contributed by atoms with Gasteiger partial charge in [-0.2, -0.15) is 0 Å². The molecule has 1 N–H and O–H groups in total. The van der Waals surface area contributed by atoms with E-state index in [1.807, 2.05) is 13.8 Å². The molecule has 0 bridgehead atoms. The van der Waals surface area contributed by atoms with Gasteiger partial charge in [0.1, 0.15) is 0 Å². The molecule has 0 aromatic rings. The number of rotatable bonds is 1. The Balaban J connectivity index is 2.18. The van der Waals surface area contributed by atoms with Gasteiger partial charge in [-0.1, -0.05) is 29.4 Å². The molecule has 22 heavy (non-hydrogen) atoms. The minimum atomic E-state index is -0.759. The zero-order chi connectivity index (χ0) is 16.4. The first kappa shape index (κ1) is 17.5. The zero-order valence-corrected chi connectivity index (χ0v) is 14.9. The van der Waals surface area contributed by atoms with E-state index < -0.39 is 5.60 Å². The maximum atomic E-state index is 10.4. The third kappa shape index (κ3) is 4.82. The Kier molecular flexibility index (Phi) is 5.34. The first-order chi connectivity index (χ1) is 10.2. The number of epoxide rings is 1. The molecule has 1 aliphatic heterocycles. The van der Waals surface area contributed by atoms with Crippen molar-refractivity contribution in [2.45, 2.75) is 90.4 Å². The van der Waals surface area contributed by atoms with Crippen molar-refractivity contribution in [3.05, 3.63) is 34.9 Å². The fraction of sp³-hybridized carbons (Fsp3) is 0.700. The molecule has 2 rings (SSSR count). The smallest absolute Gasteiger partial charge is 0.0923 e. The molecule has 0 radical (unpaired) electrons. The number of ether oxygens (including phenoxy) is 1. The van der Waals surface area contributed by atoms with Gasteiger partial charge in [0.15, 0.2) is 0 Å². The van der Waals surface area contributed by atoms with Crippen LogP contribution in [0.1, 0.15) is 73.1 Å². The summed E-state index contributed by atoms with van der Waals surface area (Å²) in [6.07, 6.45) is 13.4. The molecule has 1 saturated heterocycles. The van der Waals surface area contributed by atoms with Crippen LogP contribution in [0.25, 0.3) is 0 Å². The average Bonchev–Trinajstić information content (AvgIpc) is 3.05. The fourth-order valence-electron chi connectivity index (χ4n) is 3.18. The number of aliphatic hydroxyl groups is 1. The third-order valence-electron chi connectivity index (χ3n) is 5.11. The first-order valence-electron chi connectivity index (χ1n) is 8.63. The molecule has 0 spiro atoms. The second-order valence-electron chi connectivity index (χ2n) is 7.81. The molecule has 1 aliphatic carbocycles. The summed E-state index contributed by atoms with van der Waals surface area (Å²) in [6.45, 7) is 10.4. The Morgan fingerprint density at radius 1 is 1.14 bits per heavy atom. The van der Waals surface area contributed by atoms with Gasteiger partial charge >= 0.3 is 0 Å². The van der Waals surface area contributed by atoms with E-state index in [2.05, 4.69) is 39.0 Å². The van der Waals surface area contributed by atoms with Crippen LogP contribution >= 0.6 is 0 Å². The van der Waals surface area contributed by atoms with Gasteiger partial charge in [-0.15, -0.1) is 0 Å². The van der Waals surface area contributed by atoms with Crippen molar-refractivity contribution in [2.24, 2.45) is 0 Å². The van der Waals surface area contributed by atoms with Crippen LogP contribution in [0.4, 0.5) is 0 Å². The maximum absolute atomic E-state index is 10.4. The molecule has 2 heteroatoms. The predicted octanol–water partition coefficient (Wildman–Crippen LogP) is 5.09. The van der Waals surface area contributed by atoms with Crippen LogP contribution in [0, 0.1) is 0 Å². The van der Waals surface area contributed by atoms with Gasteiger partial charge in [0, 0.05) is 0 Å². The minimum absolute atomic E-state index is 0.00744. The quantitative estimate of drug-likeness (QED) is 0.541. The van der Waals surface area contributed by atoms with E-state index in [1.165, 1.54) is 11.1 Å². The summed E-state index contributed by atoms with van der Waals surface area (Å²) in [5.74, 6) is 0. The van der Waals surface area contributed by atoms with Crippen molar-refractivity contribution < 1.29 is 9.84 Å². The van der Waals surface area contributed by atoms with Crippen molar-refractivity contribution in [3.8, 4) is 0 Å². The van der Waals surface area contributed by atoms with E-state index in [-0.39, 0.29) is 5.60 Å². The van der Waals surface area contributed by atoms with Crippen molar-refractivity contribution >= 4 is 0 Å². The normalized spacial score (nSPS) is 38.5. The van der Waals surface area contributed by atoms with E-state index in [9.17, 15) is 5.11 Å². The molecule has 2 nitrogen and oxygen atoms in total. The highest BCUT2D eigenvalue weighted by Gasteiger charge is 2.51. The summed E-state index contributed by atoms with van der Waals surface area (Å²) in [7, 11) is 0. The van der Waals surface area contributed by atoms with Crippen LogP contribution in [-0.2, 0) is 4.74 Å². The van der Waals surface area contributed by atoms with E-state index in [0.717, 1.165) is 44.1 Å². The second-order valence-corrected chi connectivity index (χ2v) is 7.81. The van der Waals surface area contributed by atoms with Crippen molar-refractivity contribution in [3.63, 3.8) is 0 Å². The summed E-state index contributed by atoms with van der Waals surface area (Å²) in [4.78, 5) is 0. The van der Waals surface area contributed by atoms with Gasteiger partial charge in [-0.05, 0) is 78.7 Å². The van der Waals surface area contributed by atoms with Crippen LogP contribution in [-0.4, -0.2) is 22.4 Å². The van der Waals surface area contributed by atoms with Crippen LogP contribution in [0.2, 0.25) is 0 Å². The highest BCUT2D eigenvalue weighted by atomic mass is 16.6. The Hall–Kier alpha value is -0.860. The maximum Gasteiger partial charge on any atom is 0.0923 e. The molecule has 0 aromatic carbocycles. The Labute approximate surface area is 136 Å². The topological polar surface area (TPSA) is 32.8 Å². The summed E-state index contributed by atoms with van der Waals surface area (Å²) in [5, 5.41) is 10.4. The summed E-state index contributed by atoms with van der Waals surface area (Å²) in [6, 6.07) is 0. The van der Waals surface area contributed by atoms with Gasteiger partial charge in [0.25, 0.3) is 0 Å². The first-order valence-corrected chi connectivity index (χ1v) is 8.63. The summed E-state index contributed by atoms with van der Waals surface area (Å²) in [5.41, 5.74) is 3.20. The Morgan fingerprint density at radius 3 is 2.55 bits per heavy atom. The SMILES string of the molecule is C/C1=C\C=C(\C(C)(C)O)CCC2(C)OC2CC/C(C)=C/CC1. The van der Waals surface area contributed by atoms with Crippen LogP contribution in [0.15, 0.2) is 34.9 Å². The molecule has 0 aromatic heterocycles. The van der Waals surface area contributed by atoms with Crippen molar-refractivity contribution in [1.29, 1.82) is 0 Å². The zero-order valence-electron chi connectivity index (χ0n) is 14.9. The molecule has 0 saturated carbocycles. The molecular weight excluding hydrogens is 272 g/mol. The van der Waals surface area contributed by atoms with Gasteiger partial charge in [-0.3, -0.25) is 0 Å². The van der Waals surface area contributed by atoms with Gasteiger partial charge < -0.3 is 9.84 Å². The molecule has 0 amide bonds. The van der Waals surface area contributed by atoms with Crippen LogP contribution in [0.5, 0.6) is 0 Å². The highest BCUT2D eigenvalue weighted by Crippen LogP contribution is 2.44. The number of hydrogen-bond donors (Lipinski definition) is 1. The number of fused-ring (bicyclic) bond motifs is 1. The van der Waals surface area contributed by atoms with E-state index in [0.29, 0.717) is 6.10 Å². The van der Waals surface area contributed by atoms with Gasteiger partial charge in [0.2, 0.25) is 0 Å². The largest absolute Gasteiger partial charge is 0.386 e. The predicted molar refractivity (Wildman–Crippen MR) is 92.9 cm³/mol. The third-order valence-corrected chi connectivity index (χ3v) is 5.11. The lowest BCUT2D eigenvalue weighted by Gasteiger charge is -2.22. The standard InChI is InChI=1S/C20H32O2/c1-15-7-6-8-16(2)10-12-18-20(5,22-18)14-13-17(11-9-15)19(3,4)21/h8-9,11,18,21H,6-7,10,12-14H2,1-5H3/b15-9+,16-8+,17-11+. The lowest BCUT2D eigenvalue weighted by atomic mass is 9.88. The second kappa shape index (κ2) is 6.72. The molecule has 124 valence electrons. The molecular formula is C20H32O2. The molecule has 2 unspecified atom stereocenters. The summed E-state index contributed by atoms with van der Waals surface area (Å²) >= 11 is 0. The van der Waals surface area contributed by atoms with Gasteiger partial charge in [0.05, 0.1) is 17.3 Å². The Bertz CT molecular complexity index is 490. The van der Waals surface area contributed by atoms with E-state index in [1.54, 1.807) is 0 Å². The van der Waals surface area contributed by atoms with E-state index >= 15 is 0 Å². The van der Waals surface area contributed by atoms with Crippen molar-refractivity contribution in [2.75, 3.05) is 0 Å². The van der Waals surface area contributed by atoms with Crippen molar-refractivity contribution in [1.82, 2.24) is 0 Å². The van der Waals surface area contributed by atoms with Crippen LogP contribution in [0.3, 0.4) is 0 Å². The monoisotopic (exact) mass is 304 g/mol. The summed E-state index contributed by atoms with van der Waals surface area (Å²) < 4.78 is 5.96. The highest BCUT2D eigenvalue weighted by molar-refractivity contribution is 5.24. The lowest BCUT2D eigenvalue weighted by molar-refractivity contribution is 0.114. The van der Waals surface area contributed by atoms with E-state index in [4.69, 9.17) is 4.74 Å². The fourth-order valence-corrected chi connectivity index (χ4v) is 3.18. The molecule has 2 atom stereocenters. The molecule has 1 fully saturated rings. The van der Waals surface area contributed by atoms with Gasteiger partial charge in [-0.25, -0.2) is 0 Å². The minimum Gasteiger partial charge on any atom is -0.386 e.